The van der Waals surface area contributed by atoms with Gasteiger partial charge in [0.2, 0.25) is 5.82 Å². The molecule has 0 aliphatic rings. The summed E-state index contributed by atoms with van der Waals surface area (Å²) in [6.07, 6.45) is 1.71. The Morgan fingerprint density at radius 2 is 1.86 bits per heavy atom. The average molecular weight is 414 g/mol. The predicted molar refractivity (Wildman–Crippen MR) is 105 cm³/mol. The van der Waals surface area contributed by atoms with E-state index >= 15 is 0 Å². The number of aromatic nitrogens is 6. The van der Waals surface area contributed by atoms with E-state index in [9.17, 15) is 10.1 Å². The second-order valence-electron chi connectivity index (χ2n) is 5.87. The molecule has 0 saturated heterocycles. The van der Waals surface area contributed by atoms with Crippen LogP contribution in [0.2, 0.25) is 5.02 Å². The summed E-state index contributed by atoms with van der Waals surface area (Å²) >= 11 is 11.4. The first-order valence-electron chi connectivity index (χ1n) is 8.09. The molecule has 0 atom stereocenters. The van der Waals surface area contributed by atoms with E-state index in [1.165, 1.54) is 16.9 Å². The van der Waals surface area contributed by atoms with Gasteiger partial charge in [-0.3, -0.25) is 15.2 Å². The molecule has 0 radical (unpaired) electrons. The quantitative estimate of drug-likeness (QED) is 0.303. The van der Waals surface area contributed by atoms with Crippen molar-refractivity contribution in [1.82, 2.24) is 30.0 Å². The van der Waals surface area contributed by atoms with Gasteiger partial charge in [-0.1, -0.05) is 36.0 Å². The highest BCUT2D eigenvalue weighted by Gasteiger charge is 2.13. The lowest BCUT2D eigenvalue weighted by molar-refractivity contribution is -0.384. The van der Waals surface area contributed by atoms with Crippen molar-refractivity contribution >= 4 is 29.5 Å². The molecule has 0 unspecified atom stereocenters. The van der Waals surface area contributed by atoms with E-state index in [1.807, 2.05) is 12.1 Å². The lowest BCUT2D eigenvalue weighted by atomic mass is 10.2. The molecule has 0 aliphatic heterocycles. The van der Waals surface area contributed by atoms with Crippen LogP contribution in [0, 0.1) is 14.8 Å². The van der Waals surface area contributed by atoms with E-state index in [-0.39, 0.29) is 5.69 Å². The maximum atomic E-state index is 10.7. The lowest BCUT2D eigenvalue weighted by Gasteiger charge is -2.02. The third kappa shape index (κ3) is 3.55. The normalized spacial score (nSPS) is 10.9. The van der Waals surface area contributed by atoms with Crippen molar-refractivity contribution in [2.24, 2.45) is 0 Å². The highest BCUT2D eigenvalue weighted by atomic mass is 35.5. The van der Waals surface area contributed by atoms with Crippen LogP contribution in [0.1, 0.15) is 5.56 Å². The topological polar surface area (TPSA) is 107 Å². The Labute approximate surface area is 168 Å². The summed E-state index contributed by atoms with van der Waals surface area (Å²) in [5, 5.41) is 26.9. The van der Waals surface area contributed by atoms with E-state index in [0.717, 1.165) is 11.3 Å². The van der Waals surface area contributed by atoms with Gasteiger partial charge < -0.3 is 0 Å². The zero-order valence-electron chi connectivity index (χ0n) is 14.2. The minimum absolute atomic E-state index is 0.0332. The number of benzene rings is 2. The van der Waals surface area contributed by atoms with Crippen molar-refractivity contribution in [1.29, 1.82) is 0 Å². The van der Waals surface area contributed by atoms with Gasteiger partial charge in [-0.15, -0.1) is 10.2 Å². The summed E-state index contributed by atoms with van der Waals surface area (Å²) < 4.78 is 2.23. The van der Waals surface area contributed by atoms with Crippen molar-refractivity contribution in [3.63, 3.8) is 0 Å². The van der Waals surface area contributed by atoms with E-state index in [0.29, 0.717) is 27.6 Å². The molecule has 28 heavy (non-hydrogen) atoms. The summed E-state index contributed by atoms with van der Waals surface area (Å²) in [6, 6.07) is 13.4. The second-order valence-corrected chi connectivity index (χ2v) is 6.69. The molecular weight excluding hydrogens is 402 g/mol. The van der Waals surface area contributed by atoms with Gasteiger partial charge >= 0.3 is 0 Å². The van der Waals surface area contributed by atoms with Crippen LogP contribution in [-0.2, 0) is 6.54 Å². The van der Waals surface area contributed by atoms with Crippen molar-refractivity contribution in [2.75, 3.05) is 0 Å². The number of nitro groups is 1. The van der Waals surface area contributed by atoms with Crippen LogP contribution in [0.3, 0.4) is 0 Å². The number of non-ortho nitro benzene ring substituents is 1. The Kier molecular flexibility index (Phi) is 4.72. The molecule has 11 heteroatoms. The number of halogens is 1. The zero-order valence-corrected chi connectivity index (χ0v) is 15.8. The molecule has 2 heterocycles. The average Bonchev–Trinajstić information content (AvgIpc) is 3.29. The monoisotopic (exact) mass is 413 g/mol. The fraction of sp³-hybridized carbons (Fsp3) is 0.0588. The van der Waals surface area contributed by atoms with Crippen LogP contribution < -0.4 is 0 Å². The van der Waals surface area contributed by atoms with Crippen LogP contribution in [-0.4, -0.2) is 34.9 Å². The SMILES string of the molecule is O=[N+]([O-])c1ccc(Cn2nnc(-c3c[nH]n(-c4ccc(Cl)cc4)c3=S)n2)cc1. The van der Waals surface area contributed by atoms with Gasteiger partial charge in [0.15, 0.2) is 0 Å². The van der Waals surface area contributed by atoms with Gasteiger partial charge in [-0.2, -0.15) is 4.80 Å². The van der Waals surface area contributed by atoms with Gasteiger partial charge in [0, 0.05) is 23.4 Å². The molecule has 1 N–H and O–H groups in total. The van der Waals surface area contributed by atoms with Crippen molar-refractivity contribution in [2.45, 2.75) is 6.54 Å². The zero-order chi connectivity index (χ0) is 19.7. The van der Waals surface area contributed by atoms with Crippen molar-refractivity contribution in [3.05, 3.63) is 80.1 Å². The highest BCUT2D eigenvalue weighted by Crippen LogP contribution is 2.20. The fourth-order valence-corrected chi connectivity index (χ4v) is 3.05. The molecule has 0 bridgehead atoms. The summed E-state index contributed by atoms with van der Waals surface area (Å²) in [6.45, 7) is 0.333. The fourth-order valence-electron chi connectivity index (χ4n) is 2.62. The Morgan fingerprint density at radius 3 is 2.54 bits per heavy atom. The summed E-state index contributed by atoms with van der Waals surface area (Å²) in [4.78, 5) is 11.7. The molecule has 140 valence electrons. The lowest BCUT2D eigenvalue weighted by Crippen LogP contribution is -2.04. The molecule has 0 saturated carbocycles. The highest BCUT2D eigenvalue weighted by molar-refractivity contribution is 7.71. The Balaban J connectivity index is 1.57. The maximum Gasteiger partial charge on any atom is 0.269 e. The number of H-pyrrole nitrogens is 1. The van der Waals surface area contributed by atoms with Gasteiger partial charge in [-0.25, -0.2) is 4.68 Å². The number of tetrazole rings is 1. The summed E-state index contributed by atoms with van der Waals surface area (Å²) in [5.41, 5.74) is 2.32. The molecular formula is C17H12ClN7O2S. The number of nitrogens with one attached hydrogen (secondary N) is 1. The third-order valence-electron chi connectivity index (χ3n) is 4.02. The molecule has 0 aliphatic carbocycles. The largest absolute Gasteiger partial charge is 0.299 e. The third-order valence-corrected chi connectivity index (χ3v) is 4.68. The first kappa shape index (κ1) is 18.0. The van der Waals surface area contributed by atoms with E-state index in [2.05, 4.69) is 20.5 Å². The van der Waals surface area contributed by atoms with Crippen LogP contribution in [0.25, 0.3) is 17.1 Å². The number of aromatic amines is 1. The van der Waals surface area contributed by atoms with Crippen molar-refractivity contribution in [3.8, 4) is 17.1 Å². The first-order valence-corrected chi connectivity index (χ1v) is 8.88. The number of nitro benzene ring substituents is 1. The molecule has 9 nitrogen and oxygen atoms in total. The molecule has 2 aromatic heterocycles. The summed E-state index contributed by atoms with van der Waals surface area (Å²) in [7, 11) is 0. The Hall–Kier alpha value is -3.37. The van der Waals surface area contributed by atoms with Gasteiger partial charge in [0.1, 0.15) is 4.64 Å². The van der Waals surface area contributed by atoms with E-state index in [1.54, 1.807) is 35.1 Å². The number of hydrogen-bond acceptors (Lipinski definition) is 6. The molecule has 0 spiro atoms. The van der Waals surface area contributed by atoms with Crippen LogP contribution >= 0.6 is 23.8 Å². The number of hydrogen-bond donors (Lipinski definition) is 1. The van der Waals surface area contributed by atoms with Gasteiger partial charge in [0.05, 0.1) is 22.7 Å². The van der Waals surface area contributed by atoms with Crippen LogP contribution in [0.5, 0.6) is 0 Å². The van der Waals surface area contributed by atoms with Gasteiger partial charge in [0.25, 0.3) is 5.69 Å². The first-order chi connectivity index (χ1) is 13.5. The molecule has 0 fully saturated rings. The Bertz CT molecular complexity index is 1200. The maximum absolute atomic E-state index is 10.7. The van der Waals surface area contributed by atoms with E-state index in [4.69, 9.17) is 23.8 Å². The summed E-state index contributed by atoms with van der Waals surface area (Å²) in [5.74, 6) is 0.385. The minimum atomic E-state index is -0.442. The number of nitrogens with zero attached hydrogens (tertiary/aromatic N) is 6. The molecule has 4 rings (SSSR count). The van der Waals surface area contributed by atoms with Crippen molar-refractivity contribution < 1.29 is 4.92 Å². The smallest absolute Gasteiger partial charge is 0.269 e. The van der Waals surface area contributed by atoms with Crippen LogP contribution in [0.4, 0.5) is 5.69 Å². The van der Waals surface area contributed by atoms with Crippen LogP contribution in [0.15, 0.2) is 54.7 Å². The minimum Gasteiger partial charge on any atom is -0.299 e. The Morgan fingerprint density at radius 1 is 1.14 bits per heavy atom. The standard InChI is InChI=1S/C17H12ClN7O2S/c18-12-3-7-13(8-4-12)24-17(28)15(9-19-24)16-20-22-23(21-16)10-11-1-5-14(6-2-11)25(26)27/h1-9,19H,10H2. The predicted octanol–water partition coefficient (Wildman–Crippen LogP) is 3.80. The second kappa shape index (κ2) is 7.33. The van der Waals surface area contributed by atoms with E-state index < -0.39 is 4.92 Å². The molecule has 2 aromatic carbocycles. The number of rotatable bonds is 5. The molecule has 0 amide bonds. The van der Waals surface area contributed by atoms with Gasteiger partial charge in [-0.05, 0) is 35.0 Å². The molecule has 4 aromatic rings.